The number of rotatable bonds is 8. The van der Waals surface area contributed by atoms with Crippen LogP contribution in [0.15, 0.2) is 12.1 Å². The molecule has 1 rings (SSSR count). The summed E-state index contributed by atoms with van der Waals surface area (Å²) in [6.45, 7) is 8.22. The van der Waals surface area contributed by atoms with Crippen LogP contribution in [0.2, 0.25) is 5.02 Å². The highest BCUT2D eigenvalue weighted by atomic mass is 35.5. The quantitative estimate of drug-likeness (QED) is 0.739. The van der Waals surface area contributed by atoms with Crippen molar-refractivity contribution in [2.45, 2.75) is 71.0 Å². The molecule has 0 saturated carbocycles. The zero-order chi connectivity index (χ0) is 16.9. The van der Waals surface area contributed by atoms with Crippen molar-refractivity contribution in [3.05, 3.63) is 28.3 Å². The molecule has 0 amide bonds. The molecule has 0 fully saturated rings. The van der Waals surface area contributed by atoms with Gasteiger partial charge >= 0.3 is 0 Å². The Morgan fingerprint density at radius 2 is 1.68 bits per heavy atom. The third-order valence-corrected chi connectivity index (χ3v) is 4.31. The molecular formula is C18H29ClO3. The first kappa shape index (κ1) is 19.3. The van der Waals surface area contributed by atoms with Crippen LogP contribution in [-0.4, -0.2) is 29.5 Å². The molecule has 0 bridgehead atoms. The Morgan fingerprint density at radius 1 is 1.09 bits per heavy atom. The molecule has 2 N–H and O–H groups in total. The number of halogens is 1. The van der Waals surface area contributed by atoms with Gasteiger partial charge in [0.25, 0.3) is 0 Å². The third-order valence-electron chi connectivity index (χ3n) is 4.09. The second-order valence-corrected chi connectivity index (χ2v) is 6.77. The SMILES string of the molecule is CCCC(O)C(O)CC(C)c1cc(Cl)cc(C(C)C)c1OC. The van der Waals surface area contributed by atoms with Crippen molar-refractivity contribution in [1.82, 2.24) is 0 Å². The van der Waals surface area contributed by atoms with Crippen LogP contribution in [0.4, 0.5) is 0 Å². The molecule has 22 heavy (non-hydrogen) atoms. The van der Waals surface area contributed by atoms with Gasteiger partial charge in [0.1, 0.15) is 5.75 Å². The van der Waals surface area contributed by atoms with E-state index in [-0.39, 0.29) is 5.92 Å². The Bertz CT molecular complexity index is 474. The highest BCUT2D eigenvalue weighted by Gasteiger charge is 2.23. The molecule has 0 aliphatic heterocycles. The summed E-state index contributed by atoms with van der Waals surface area (Å²) in [6.07, 6.45) is 0.529. The zero-order valence-corrected chi connectivity index (χ0v) is 15.0. The van der Waals surface area contributed by atoms with Crippen molar-refractivity contribution in [3.63, 3.8) is 0 Å². The summed E-state index contributed by atoms with van der Waals surface area (Å²) in [6, 6.07) is 3.83. The van der Waals surface area contributed by atoms with E-state index in [2.05, 4.69) is 13.8 Å². The number of ether oxygens (including phenoxy) is 1. The van der Waals surface area contributed by atoms with E-state index in [0.717, 1.165) is 23.3 Å². The van der Waals surface area contributed by atoms with Gasteiger partial charge in [-0.05, 0) is 47.9 Å². The second-order valence-electron chi connectivity index (χ2n) is 6.33. The van der Waals surface area contributed by atoms with Gasteiger partial charge < -0.3 is 14.9 Å². The number of methoxy groups -OCH3 is 1. The van der Waals surface area contributed by atoms with Gasteiger partial charge in [-0.25, -0.2) is 0 Å². The molecule has 4 heteroatoms. The summed E-state index contributed by atoms with van der Waals surface area (Å²) in [4.78, 5) is 0. The molecule has 0 saturated heterocycles. The van der Waals surface area contributed by atoms with Crippen molar-refractivity contribution in [2.75, 3.05) is 7.11 Å². The zero-order valence-electron chi connectivity index (χ0n) is 14.3. The average Bonchev–Trinajstić information content (AvgIpc) is 2.46. The number of benzene rings is 1. The van der Waals surface area contributed by atoms with E-state index in [0.29, 0.717) is 23.8 Å². The molecular weight excluding hydrogens is 300 g/mol. The first-order valence-corrected chi connectivity index (χ1v) is 8.43. The molecule has 0 spiro atoms. The Hall–Kier alpha value is -0.770. The van der Waals surface area contributed by atoms with Crippen LogP contribution in [0, 0.1) is 0 Å². The molecule has 3 atom stereocenters. The van der Waals surface area contributed by atoms with Crippen LogP contribution in [0.1, 0.15) is 69.9 Å². The van der Waals surface area contributed by atoms with Gasteiger partial charge in [-0.2, -0.15) is 0 Å². The first-order chi connectivity index (χ1) is 10.3. The molecule has 3 nitrogen and oxygen atoms in total. The smallest absolute Gasteiger partial charge is 0.125 e. The van der Waals surface area contributed by atoms with E-state index >= 15 is 0 Å². The van der Waals surface area contributed by atoms with Crippen molar-refractivity contribution < 1.29 is 14.9 Å². The fourth-order valence-electron chi connectivity index (χ4n) is 2.80. The van der Waals surface area contributed by atoms with E-state index in [9.17, 15) is 10.2 Å². The van der Waals surface area contributed by atoms with Crippen LogP contribution < -0.4 is 4.74 Å². The van der Waals surface area contributed by atoms with Crippen molar-refractivity contribution in [3.8, 4) is 5.75 Å². The van der Waals surface area contributed by atoms with Gasteiger partial charge in [-0.1, -0.05) is 45.7 Å². The first-order valence-electron chi connectivity index (χ1n) is 8.05. The Labute approximate surface area is 139 Å². The van der Waals surface area contributed by atoms with E-state index in [1.54, 1.807) is 7.11 Å². The predicted octanol–water partition coefficient (Wildman–Crippen LogP) is 4.49. The van der Waals surface area contributed by atoms with E-state index < -0.39 is 12.2 Å². The molecule has 1 aromatic rings. The molecule has 0 heterocycles. The van der Waals surface area contributed by atoms with E-state index in [4.69, 9.17) is 16.3 Å². The highest BCUT2D eigenvalue weighted by molar-refractivity contribution is 6.30. The normalized spacial score (nSPS) is 15.7. The maximum Gasteiger partial charge on any atom is 0.125 e. The summed E-state index contributed by atoms with van der Waals surface area (Å²) in [5.74, 6) is 1.19. The Balaban J connectivity index is 3.04. The molecule has 126 valence electrons. The summed E-state index contributed by atoms with van der Waals surface area (Å²) >= 11 is 6.25. The van der Waals surface area contributed by atoms with Gasteiger partial charge in [-0.3, -0.25) is 0 Å². The van der Waals surface area contributed by atoms with Crippen LogP contribution in [0.5, 0.6) is 5.75 Å². The van der Waals surface area contributed by atoms with E-state index in [1.165, 1.54) is 0 Å². The third kappa shape index (κ3) is 4.87. The minimum atomic E-state index is -0.735. The maximum absolute atomic E-state index is 10.2. The lowest BCUT2D eigenvalue weighted by molar-refractivity contribution is 0.00628. The fourth-order valence-corrected chi connectivity index (χ4v) is 3.04. The topological polar surface area (TPSA) is 49.7 Å². The van der Waals surface area contributed by atoms with Crippen LogP contribution in [-0.2, 0) is 0 Å². The lowest BCUT2D eigenvalue weighted by Crippen LogP contribution is -2.27. The molecule has 1 aromatic carbocycles. The van der Waals surface area contributed by atoms with Crippen molar-refractivity contribution in [1.29, 1.82) is 0 Å². The number of aliphatic hydroxyl groups is 2. The van der Waals surface area contributed by atoms with E-state index in [1.807, 2.05) is 26.0 Å². The molecule has 0 aliphatic rings. The summed E-state index contributed by atoms with van der Waals surface area (Å²) < 4.78 is 5.60. The molecule has 0 aromatic heterocycles. The lowest BCUT2D eigenvalue weighted by atomic mass is 9.88. The highest BCUT2D eigenvalue weighted by Crippen LogP contribution is 2.38. The van der Waals surface area contributed by atoms with Crippen molar-refractivity contribution in [2.24, 2.45) is 0 Å². The van der Waals surface area contributed by atoms with Gasteiger partial charge in [0.05, 0.1) is 19.3 Å². The molecule has 0 radical (unpaired) electrons. The number of aliphatic hydroxyl groups excluding tert-OH is 2. The Kier molecular flexibility index (Phi) is 7.67. The lowest BCUT2D eigenvalue weighted by Gasteiger charge is -2.24. The molecule has 3 unspecified atom stereocenters. The fraction of sp³-hybridized carbons (Fsp3) is 0.667. The predicted molar refractivity (Wildman–Crippen MR) is 92.0 cm³/mol. The average molecular weight is 329 g/mol. The standard InChI is InChI=1S/C18H29ClO3/c1-6-7-16(20)17(21)8-12(4)15-10-13(19)9-14(11(2)3)18(15)22-5/h9-12,16-17,20-21H,6-8H2,1-5H3. The molecule has 0 aliphatic carbocycles. The van der Waals surface area contributed by atoms with Gasteiger partial charge in [-0.15, -0.1) is 0 Å². The largest absolute Gasteiger partial charge is 0.496 e. The van der Waals surface area contributed by atoms with Crippen LogP contribution >= 0.6 is 11.6 Å². The summed E-state index contributed by atoms with van der Waals surface area (Å²) in [5.41, 5.74) is 2.06. The maximum atomic E-state index is 10.2. The minimum Gasteiger partial charge on any atom is -0.496 e. The monoisotopic (exact) mass is 328 g/mol. The number of hydrogen-bond donors (Lipinski definition) is 2. The van der Waals surface area contributed by atoms with Gasteiger partial charge in [0.2, 0.25) is 0 Å². The van der Waals surface area contributed by atoms with Crippen LogP contribution in [0.25, 0.3) is 0 Å². The summed E-state index contributed by atoms with van der Waals surface area (Å²) in [7, 11) is 1.66. The summed E-state index contributed by atoms with van der Waals surface area (Å²) in [5, 5.41) is 20.8. The van der Waals surface area contributed by atoms with Gasteiger partial charge in [0.15, 0.2) is 0 Å². The Morgan fingerprint density at radius 3 is 2.18 bits per heavy atom. The van der Waals surface area contributed by atoms with Gasteiger partial charge in [0, 0.05) is 5.02 Å². The van der Waals surface area contributed by atoms with Crippen LogP contribution in [0.3, 0.4) is 0 Å². The van der Waals surface area contributed by atoms with Crippen molar-refractivity contribution >= 4 is 11.6 Å². The second kappa shape index (κ2) is 8.76. The number of hydrogen-bond acceptors (Lipinski definition) is 3. The minimum absolute atomic E-state index is 0.0488.